The van der Waals surface area contributed by atoms with E-state index in [0.717, 1.165) is 11.1 Å². The number of benzene rings is 2. The van der Waals surface area contributed by atoms with E-state index >= 15 is 0 Å². The summed E-state index contributed by atoms with van der Waals surface area (Å²) in [7, 11) is 0. The lowest BCUT2D eigenvalue weighted by Crippen LogP contribution is -2.24. The molecule has 0 N–H and O–H groups in total. The summed E-state index contributed by atoms with van der Waals surface area (Å²) in [5.74, 6) is 0.163. The van der Waals surface area contributed by atoms with Crippen LogP contribution in [-0.2, 0) is 23.5 Å². The molecule has 0 aliphatic rings. The number of fused-ring (bicyclic) bond motifs is 1. The van der Waals surface area contributed by atoms with E-state index in [1.165, 1.54) is 23.1 Å². The van der Waals surface area contributed by atoms with Gasteiger partial charge in [0.2, 0.25) is 0 Å². The van der Waals surface area contributed by atoms with Gasteiger partial charge in [0, 0.05) is 17.3 Å². The van der Waals surface area contributed by atoms with Gasteiger partial charge >= 0.3 is 5.97 Å². The molecule has 0 saturated heterocycles. The molecular formula is C25H23ClN2O3S2. The number of carbonyl (C=O) groups excluding carboxylic acids is 1. The van der Waals surface area contributed by atoms with Crippen LogP contribution < -0.4 is 5.56 Å². The first-order valence-electron chi connectivity index (χ1n) is 10.6. The third-order valence-electron chi connectivity index (χ3n) is 5.26. The van der Waals surface area contributed by atoms with Crippen LogP contribution in [-0.4, -0.2) is 22.1 Å². The highest BCUT2D eigenvalue weighted by Gasteiger charge is 2.22. The van der Waals surface area contributed by atoms with E-state index in [0.29, 0.717) is 49.6 Å². The van der Waals surface area contributed by atoms with Crippen molar-refractivity contribution in [1.82, 2.24) is 9.55 Å². The zero-order chi connectivity index (χ0) is 23.4. The number of esters is 1. The highest BCUT2D eigenvalue weighted by atomic mass is 35.5. The number of carbonyl (C=O) groups is 1. The van der Waals surface area contributed by atoms with Crippen molar-refractivity contribution in [3.05, 3.63) is 91.5 Å². The molecule has 4 aromatic rings. The topological polar surface area (TPSA) is 61.2 Å². The Balaban J connectivity index is 1.76. The number of thiophene rings is 1. The number of nitrogens with zero attached hydrogens (tertiary/aromatic N) is 2. The zero-order valence-corrected chi connectivity index (χ0v) is 20.7. The highest BCUT2D eigenvalue weighted by Crippen LogP contribution is 2.31. The molecule has 0 radical (unpaired) electrons. The van der Waals surface area contributed by atoms with E-state index < -0.39 is 5.97 Å². The van der Waals surface area contributed by atoms with Gasteiger partial charge in [-0.2, -0.15) is 0 Å². The standard InChI is InChI=1S/C25H23ClN2O3S2/c1-3-31-24(30)21-16(2)20-22(33-21)27-25(32-15-18-11-7-8-12-19(18)26)28(23(20)29)14-13-17-9-5-4-6-10-17/h4-12H,3,13-15H2,1-2H3. The van der Waals surface area contributed by atoms with Crippen molar-refractivity contribution < 1.29 is 9.53 Å². The van der Waals surface area contributed by atoms with Crippen LogP contribution in [0.2, 0.25) is 5.02 Å². The van der Waals surface area contributed by atoms with Crippen molar-refractivity contribution in [3.8, 4) is 0 Å². The van der Waals surface area contributed by atoms with Crippen LogP contribution in [0.1, 0.15) is 33.3 Å². The Morgan fingerprint density at radius 3 is 2.61 bits per heavy atom. The molecule has 8 heteroatoms. The van der Waals surface area contributed by atoms with Gasteiger partial charge in [-0.25, -0.2) is 9.78 Å². The molecule has 2 heterocycles. The van der Waals surface area contributed by atoms with Crippen molar-refractivity contribution in [3.63, 3.8) is 0 Å². The first-order chi connectivity index (χ1) is 16.0. The molecule has 0 amide bonds. The van der Waals surface area contributed by atoms with Gasteiger partial charge in [-0.1, -0.05) is 71.9 Å². The fourth-order valence-corrected chi connectivity index (χ4v) is 5.97. The number of aromatic nitrogens is 2. The second-order valence-corrected chi connectivity index (χ2v) is 9.77. The summed E-state index contributed by atoms with van der Waals surface area (Å²) in [5, 5.41) is 1.78. The predicted molar refractivity (Wildman–Crippen MR) is 136 cm³/mol. The van der Waals surface area contributed by atoms with Crippen molar-refractivity contribution >= 4 is 50.9 Å². The number of rotatable bonds is 8. The summed E-state index contributed by atoms with van der Waals surface area (Å²) in [4.78, 5) is 31.8. The van der Waals surface area contributed by atoms with Crippen molar-refractivity contribution in [1.29, 1.82) is 0 Å². The molecule has 0 saturated carbocycles. The third-order valence-corrected chi connectivity index (χ3v) is 7.82. The van der Waals surface area contributed by atoms with Gasteiger partial charge in [0.05, 0.1) is 12.0 Å². The van der Waals surface area contributed by atoms with E-state index in [9.17, 15) is 9.59 Å². The van der Waals surface area contributed by atoms with E-state index in [1.807, 2.05) is 54.6 Å². The second-order valence-electron chi connectivity index (χ2n) is 7.42. The molecule has 0 aliphatic carbocycles. The van der Waals surface area contributed by atoms with Crippen molar-refractivity contribution in [2.45, 2.75) is 37.7 Å². The lowest BCUT2D eigenvalue weighted by molar-refractivity contribution is 0.0531. The largest absolute Gasteiger partial charge is 0.462 e. The molecule has 0 atom stereocenters. The number of hydrogen-bond acceptors (Lipinski definition) is 6. The second kappa shape index (κ2) is 10.5. The summed E-state index contributed by atoms with van der Waals surface area (Å²) in [6.07, 6.45) is 0.696. The number of hydrogen-bond donors (Lipinski definition) is 0. The van der Waals surface area contributed by atoms with Crippen LogP contribution in [0.3, 0.4) is 0 Å². The quantitative estimate of drug-likeness (QED) is 0.166. The summed E-state index contributed by atoms with van der Waals surface area (Å²) < 4.78 is 6.89. The normalized spacial score (nSPS) is 11.1. The number of ether oxygens (including phenoxy) is 1. The Morgan fingerprint density at radius 2 is 1.88 bits per heavy atom. The minimum atomic E-state index is -0.418. The van der Waals surface area contributed by atoms with Crippen LogP contribution in [0.5, 0.6) is 0 Å². The summed E-state index contributed by atoms with van der Waals surface area (Å²) in [5.41, 5.74) is 2.60. The number of aryl methyl sites for hydroxylation is 2. The fourth-order valence-electron chi connectivity index (χ4n) is 3.54. The van der Waals surface area contributed by atoms with Crippen molar-refractivity contribution in [2.75, 3.05) is 6.61 Å². The Hall–Kier alpha value is -2.61. The summed E-state index contributed by atoms with van der Waals surface area (Å²) in [6.45, 7) is 4.31. The molecule has 2 aromatic carbocycles. The first-order valence-corrected chi connectivity index (χ1v) is 12.8. The first kappa shape index (κ1) is 23.5. The molecule has 0 unspecified atom stereocenters. The smallest absolute Gasteiger partial charge is 0.348 e. The Morgan fingerprint density at radius 1 is 1.15 bits per heavy atom. The molecule has 0 aliphatic heterocycles. The van der Waals surface area contributed by atoms with Gasteiger partial charge in [-0.15, -0.1) is 11.3 Å². The Bertz CT molecular complexity index is 1350. The third kappa shape index (κ3) is 5.16. The zero-order valence-electron chi connectivity index (χ0n) is 18.3. The minimum Gasteiger partial charge on any atom is -0.462 e. The van der Waals surface area contributed by atoms with E-state index in [-0.39, 0.29) is 12.2 Å². The van der Waals surface area contributed by atoms with Gasteiger partial charge in [-0.3, -0.25) is 9.36 Å². The number of thioether (sulfide) groups is 1. The SMILES string of the molecule is CCOC(=O)c1sc2nc(SCc3ccccc3Cl)n(CCc3ccccc3)c(=O)c2c1C. The van der Waals surface area contributed by atoms with Crippen molar-refractivity contribution in [2.24, 2.45) is 0 Å². The average molecular weight is 499 g/mol. The maximum absolute atomic E-state index is 13.6. The fraction of sp³-hybridized carbons (Fsp3) is 0.240. The Labute approximate surface area is 205 Å². The van der Waals surface area contributed by atoms with Gasteiger partial charge in [0.25, 0.3) is 5.56 Å². The average Bonchev–Trinajstić information content (AvgIpc) is 3.15. The molecule has 33 heavy (non-hydrogen) atoms. The lowest BCUT2D eigenvalue weighted by Gasteiger charge is -2.13. The molecule has 5 nitrogen and oxygen atoms in total. The van der Waals surface area contributed by atoms with E-state index in [2.05, 4.69) is 0 Å². The molecule has 0 spiro atoms. The lowest BCUT2D eigenvalue weighted by atomic mass is 10.1. The molecule has 170 valence electrons. The van der Waals surface area contributed by atoms with Gasteiger partial charge in [0.1, 0.15) is 9.71 Å². The van der Waals surface area contributed by atoms with Gasteiger partial charge in [-0.05, 0) is 43.0 Å². The van der Waals surface area contributed by atoms with Gasteiger partial charge < -0.3 is 4.74 Å². The Kier molecular flexibility index (Phi) is 7.53. The maximum Gasteiger partial charge on any atom is 0.348 e. The molecule has 4 rings (SSSR count). The maximum atomic E-state index is 13.6. The van der Waals surface area contributed by atoms with E-state index in [1.54, 1.807) is 18.4 Å². The summed E-state index contributed by atoms with van der Waals surface area (Å²) >= 11 is 9.01. The summed E-state index contributed by atoms with van der Waals surface area (Å²) in [6, 6.07) is 17.7. The van der Waals surface area contributed by atoms with Crippen LogP contribution >= 0.6 is 34.7 Å². The van der Waals surface area contributed by atoms with E-state index in [4.69, 9.17) is 21.3 Å². The number of halogens is 1. The highest BCUT2D eigenvalue weighted by molar-refractivity contribution is 7.98. The molecule has 2 aromatic heterocycles. The minimum absolute atomic E-state index is 0.137. The molecule has 0 fully saturated rings. The van der Waals surface area contributed by atoms with Gasteiger partial charge in [0.15, 0.2) is 5.16 Å². The monoisotopic (exact) mass is 498 g/mol. The molecule has 0 bridgehead atoms. The van der Waals surface area contributed by atoms with Crippen LogP contribution in [0.15, 0.2) is 64.5 Å². The van der Waals surface area contributed by atoms with Crippen LogP contribution in [0.4, 0.5) is 0 Å². The van der Waals surface area contributed by atoms with Crippen LogP contribution in [0, 0.1) is 6.92 Å². The predicted octanol–water partition coefficient (Wildman–Crippen LogP) is 6.13. The molecular weight excluding hydrogens is 476 g/mol. The van der Waals surface area contributed by atoms with Crippen LogP contribution in [0.25, 0.3) is 10.2 Å².